The number of rotatable bonds is 4. The van der Waals surface area contributed by atoms with Crippen molar-refractivity contribution in [2.45, 2.75) is 108 Å². The molecule has 2 spiro atoms. The molecule has 190 valence electrons. The minimum atomic E-state index is -0.0567. The molecule has 2 nitrogen and oxygen atoms in total. The molecular formula is C34H43NO. The number of nitrogens with zero attached hydrogens (tertiary/aromatic N) is 1. The van der Waals surface area contributed by atoms with Gasteiger partial charge in [-0.05, 0) is 116 Å². The first-order valence-electron chi connectivity index (χ1n) is 14.7. The fraction of sp³-hybridized carbons (Fsp3) is 0.588. The van der Waals surface area contributed by atoms with E-state index in [0.29, 0.717) is 23.9 Å². The van der Waals surface area contributed by atoms with E-state index < -0.39 is 0 Å². The predicted octanol–water partition coefficient (Wildman–Crippen LogP) is 8.18. The van der Waals surface area contributed by atoms with Gasteiger partial charge in [-0.2, -0.15) is 0 Å². The molecule has 2 bridgehead atoms. The maximum Gasteiger partial charge on any atom is 0.0974 e. The summed E-state index contributed by atoms with van der Waals surface area (Å²) in [5.74, 6) is 1.23. The Morgan fingerprint density at radius 1 is 1.03 bits per heavy atom. The van der Waals surface area contributed by atoms with E-state index in [1.807, 2.05) is 0 Å². The lowest BCUT2D eigenvalue weighted by molar-refractivity contribution is -0.141. The molecule has 2 heterocycles. The molecule has 3 fully saturated rings. The molecular weight excluding hydrogens is 438 g/mol. The Morgan fingerprint density at radius 3 is 2.67 bits per heavy atom. The Labute approximate surface area is 217 Å². The summed E-state index contributed by atoms with van der Waals surface area (Å²) in [6, 6.07) is 17.3. The van der Waals surface area contributed by atoms with Crippen LogP contribution in [0, 0.1) is 11.3 Å². The van der Waals surface area contributed by atoms with Crippen molar-refractivity contribution >= 4 is 10.8 Å². The van der Waals surface area contributed by atoms with E-state index in [-0.39, 0.29) is 16.6 Å². The summed E-state index contributed by atoms with van der Waals surface area (Å²) in [6.07, 6.45) is 15.1. The van der Waals surface area contributed by atoms with Gasteiger partial charge in [0.05, 0.1) is 11.2 Å². The Hall–Kier alpha value is -1.90. The zero-order valence-electron chi connectivity index (χ0n) is 22.7. The highest BCUT2D eigenvalue weighted by Gasteiger charge is 2.66. The first-order chi connectivity index (χ1) is 17.4. The molecule has 0 amide bonds. The molecule has 1 saturated heterocycles. The van der Waals surface area contributed by atoms with Crippen molar-refractivity contribution < 1.29 is 4.74 Å². The van der Waals surface area contributed by atoms with E-state index in [2.05, 4.69) is 87.2 Å². The number of ether oxygens (including phenoxy) is 1. The summed E-state index contributed by atoms with van der Waals surface area (Å²) in [5, 5.41) is 2.73. The van der Waals surface area contributed by atoms with E-state index in [1.165, 1.54) is 62.1 Å². The Balaban J connectivity index is 1.24. The lowest BCUT2D eigenvalue weighted by atomic mass is 9.58. The van der Waals surface area contributed by atoms with Crippen LogP contribution in [0.25, 0.3) is 10.8 Å². The van der Waals surface area contributed by atoms with Crippen molar-refractivity contribution in [3.8, 4) is 0 Å². The molecule has 2 aromatic rings. The van der Waals surface area contributed by atoms with Crippen LogP contribution >= 0.6 is 0 Å². The third-order valence-corrected chi connectivity index (χ3v) is 11.3. The zero-order valence-corrected chi connectivity index (χ0v) is 22.7. The number of allylic oxidation sites excluding steroid dienone is 1. The molecule has 7 rings (SSSR count). The molecule has 5 aliphatic rings. The Bertz CT molecular complexity index is 1260. The molecule has 2 aliphatic heterocycles. The van der Waals surface area contributed by atoms with E-state index in [1.54, 1.807) is 16.7 Å². The Morgan fingerprint density at radius 2 is 1.86 bits per heavy atom. The summed E-state index contributed by atoms with van der Waals surface area (Å²) in [5.41, 5.74) is 4.90. The minimum Gasteiger partial charge on any atom is -0.359 e. The van der Waals surface area contributed by atoms with Gasteiger partial charge >= 0.3 is 0 Å². The van der Waals surface area contributed by atoms with Gasteiger partial charge in [-0.3, -0.25) is 4.90 Å². The van der Waals surface area contributed by atoms with Crippen molar-refractivity contribution in [3.63, 3.8) is 0 Å². The van der Waals surface area contributed by atoms with Crippen LogP contribution < -0.4 is 0 Å². The van der Waals surface area contributed by atoms with Crippen LogP contribution in [-0.4, -0.2) is 34.7 Å². The van der Waals surface area contributed by atoms with Gasteiger partial charge in [0.25, 0.3) is 0 Å². The van der Waals surface area contributed by atoms with Gasteiger partial charge in [-0.15, -0.1) is 0 Å². The lowest BCUT2D eigenvalue weighted by Gasteiger charge is -2.55. The van der Waals surface area contributed by atoms with Gasteiger partial charge in [0.15, 0.2) is 0 Å². The maximum absolute atomic E-state index is 7.56. The molecule has 0 radical (unpaired) electrons. The number of hydrogen-bond acceptors (Lipinski definition) is 2. The van der Waals surface area contributed by atoms with Gasteiger partial charge < -0.3 is 4.74 Å². The predicted molar refractivity (Wildman–Crippen MR) is 149 cm³/mol. The molecule has 2 saturated carbocycles. The summed E-state index contributed by atoms with van der Waals surface area (Å²) >= 11 is 0. The van der Waals surface area contributed by atoms with Crippen LogP contribution in [0.1, 0.15) is 90.5 Å². The molecule has 6 atom stereocenters. The van der Waals surface area contributed by atoms with Crippen molar-refractivity contribution in [1.82, 2.24) is 4.90 Å². The molecule has 2 heteroatoms. The second kappa shape index (κ2) is 8.05. The maximum atomic E-state index is 7.56. The van der Waals surface area contributed by atoms with Gasteiger partial charge in [0, 0.05) is 12.1 Å². The SMILES string of the molecule is CCN(C(C)C)[C@H]1CCC2=CC3=CC[C@]4(C)[C@@H](c5ccc6ccccc6c5)CC[C@H]4[C@@]34CCC2(C1)O4. The molecule has 2 aromatic carbocycles. The fourth-order valence-electron chi connectivity index (χ4n) is 9.68. The van der Waals surface area contributed by atoms with Crippen LogP contribution in [0.5, 0.6) is 0 Å². The largest absolute Gasteiger partial charge is 0.359 e. The quantitative estimate of drug-likeness (QED) is 0.436. The normalized spacial score (nSPS) is 39.1. The Kier molecular flexibility index (Phi) is 5.19. The number of fused-ring (bicyclic) bond motifs is 2. The summed E-state index contributed by atoms with van der Waals surface area (Å²) in [7, 11) is 0. The molecule has 0 N–H and O–H groups in total. The minimum absolute atomic E-state index is 0.0121. The average molecular weight is 482 g/mol. The standard InChI is InChI=1S/C34H43NO/c1-5-35(23(2)3)29-13-12-27-21-28-16-17-32(4)30(26-11-10-24-8-6-7-9-25(24)20-26)14-15-31(32)34(28)19-18-33(27,22-29)36-34/h6-11,16,20-21,23,29-31H,5,12-15,17-19,22H2,1-4H3/t29-,30+,31+,32+,33?,34+/m0/s1. The fourth-order valence-corrected chi connectivity index (χ4v) is 9.68. The zero-order chi connectivity index (χ0) is 24.7. The van der Waals surface area contributed by atoms with Crippen molar-refractivity contribution in [2.24, 2.45) is 11.3 Å². The van der Waals surface area contributed by atoms with Crippen molar-refractivity contribution in [3.05, 3.63) is 71.3 Å². The highest BCUT2D eigenvalue weighted by atomic mass is 16.5. The monoisotopic (exact) mass is 481 g/mol. The van der Waals surface area contributed by atoms with Gasteiger partial charge in [0.2, 0.25) is 0 Å². The highest BCUT2D eigenvalue weighted by Crippen LogP contribution is 2.69. The first-order valence-corrected chi connectivity index (χ1v) is 14.7. The molecule has 1 unspecified atom stereocenters. The number of hydrogen-bond donors (Lipinski definition) is 0. The van der Waals surface area contributed by atoms with Gasteiger partial charge in [-0.1, -0.05) is 68.5 Å². The van der Waals surface area contributed by atoms with Crippen LogP contribution in [0.2, 0.25) is 0 Å². The van der Waals surface area contributed by atoms with Crippen LogP contribution in [-0.2, 0) is 4.74 Å². The smallest absolute Gasteiger partial charge is 0.0974 e. The molecule has 0 aromatic heterocycles. The summed E-state index contributed by atoms with van der Waals surface area (Å²) < 4.78 is 7.56. The van der Waals surface area contributed by atoms with E-state index in [4.69, 9.17) is 4.74 Å². The van der Waals surface area contributed by atoms with Crippen LogP contribution in [0.15, 0.2) is 65.8 Å². The van der Waals surface area contributed by atoms with Crippen molar-refractivity contribution in [1.29, 1.82) is 0 Å². The summed E-state index contributed by atoms with van der Waals surface area (Å²) in [6.45, 7) is 10.8. The van der Waals surface area contributed by atoms with Crippen molar-refractivity contribution in [2.75, 3.05) is 6.54 Å². The highest BCUT2D eigenvalue weighted by molar-refractivity contribution is 5.83. The first kappa shape index (κ1) is 23.2. The third-order valence-electron chi connectivity index (χ3n) is 11.3. The van der Waals surface area contributed by atoms with E-state index in [9.17, 15) is 0 Å². The van der Waals surface area contributed by atoms with Crippen LogP contribution in [0.3, 0.4) is 0 Å². The lowest BCUT2D eigenvalue weighted by Crippen LogP contribution is -2.56. The van der Waals surface area contributed by atoms with E-state index in [0.717, 1.165) is 6.54 Å². The number of benzene rings is 2. The second-order valence-electron chi connectivity index (χ2n) is 13.1. The second-order valence-corrected chi connectivity index (χ2v) is 13.1. The third kappa shape index (κ3) is 3.10. The molecule has 3 aliphatic carbocycles. The summed E-state index contributed by atoms with van der Waals surface area (Å²) in [4.78, 5) is 2.72. The van der Waals surface area contributed by atoms with Crippen LogP contribution in [0.4, 0.5) is 0 Å². The van der Waals surface area contributed by atoms with Gasteiger partial charge in [0.1, 0.15) is 0 Å². The average Bonchev–Trinajstić information content (AvgIpc) is 3.39. The molecule has 36 heavy (non-hydrogen) atoms. The topological polar surface area (TPSA) is 12.5 Å². The van der Waals surface area contributed by atoms with E-state index >= 15 is 0 Å². The van der Waals surface area contributed by atoms with Gasteiger partial charge in [-0.25, -0.2) is 0 Å².